The lowest BCUT2D eigenvalue weighted by atomic mass is 10.3. The normalized spacial score (nSPS) is 11.8. The summed E-state index contributed by atoms with van der Waals surface area (Å²) < 4.78 is 29.3. The molecule has 7 heteroatoms. The van der Waals surface area contributed by atoms with Crippen molar-refractivity contribution in [1.82, 2.24) is 14.9 Å². The zero-order valence-electron chi connectivity index (χ0n) is 12.4. The molecule has 2 heterocycles. The van der Waals surface area contributed by atoms with Crippen molar-refractivity contribution >= 4 is 15.7 Å². The molecule has 6 nitrogen and oxygen atoms in total. The molecule has 2 aromatic rings. The minimum atomic E-state index is -3.61. The number of nitrogens with one attached hydrogen (secondary N) is 2. The van der Waals surface area contributed by atoms with E-state index in [0.717, 1.165) is 5.69 Å². The number of sulfonamides is 1. The molecule has 0 unspecified atom stereocenters. The van der Waals surface area contributed by atoms with Gasteiger partial charge in [-0.15, -0.1) is 0 Å². The second-order valence-corrected chi connectivity index (χ2v) is 6.73. The van der Waals surface area contributed by atoms with Crippen LogP contribution in [0.15, 0.2) is 41.7 Å². The van der Waals surface area contributed by atoms with Crippen LogP contribution in [0.4, 0.5) is 5.69 Å². The van der Waals surface area contributed by atoms with Gasteiger partial charge in [0.15, 0.2) is 0 Å². The van der Waals surface area contributed by atoms with Gasteiger partial charge in [0.25, 0.3) is 10.0 Å². The first-order valence-electron chi connectivity index (χ1n) is 6.72. The molecule has 2 rings (SSSR count). The summed E-state index contributed by atoms with van der Waals surface area (Å²) in [6.45, 7) is 4.65. The Kier molecular flexibility index (Phi) is 4.64. The third-order valence-electron chi connectivity index (χ3n) is 3.05. The molecule has 0 aromatic carbocycles. The van der Waals surface area contributed by atoms with Crippen LogP contribution < -0.4 is 10.0 Å². The van der Waals surface area contributed by atoms with Crippen LogP contribution in [-0.2, 0) is 16.6 Å². The zero-order chi connectivity index (χ0) is 15.5. The molecule has 0 fully saturated rings. The monoisotopic (exact) mass is 308 g/mol. The molecule has 0 radical (unpaired) electrons. The minimum Gasteiger partial charge on any atom is -0.346 e. The summed E-state index contributed by atoms with van der Waals surface area (Å²) in [5.74, 6) is 0. The summed E-state index contributed by atoms with van der Waals surface area (Å²) in [5, 5.41) is 3.05. The second kappa shape index (κ2) is 6.28. The van der Waals surface area contributed by atoms with Gasteiger partial charge in [0, 0.05) is 30.7 Å². The van der Waals surface area contributed by atoms with Crippen LogP contribution in [0.3, 0.4) is 0 Å². The SMILES string of the molecule is CNCc1cc(S(=O)(=O)Nc2cccnc2)cn1C(C)C. The van der Waals surface area contributed by atoms with E-state index in [1.165, 1.54) is 6.20 Å². The van der Waals surface area contributed by atoms with Crippen molar-refractivity contribution in [2.24, 2.45) is 0 Å². The molecule has 0 amide bonds. The van der Waals surface area contributed by atoms with Crippen molar-refractivity contribution in [2.75, 3.05) is 11.8 Å². The maximum Gasteiger partial charge on any atom is 0.263 e. The molecule has 0 saturated heterocycles. The summed E-state index contributed by atoms with van der Waals surface area (Å²) >= 11 is 0. The van der Waals surface area contributed by atoms with Gasteiger partial charge in [-0.1, -0.05) is 0 Å². The molecule has 114 valence electrons. The Balaban J connectivity index is 2.34. The van der Waals surface area contributed by atoms with Gasteiger partial charge < -0.3 is 9.88 Å². The van der Waals surface area contributed by atoms with E-state index >= 15 is 0 Å². The highest BCUT2D eigenvalue weighted by molar-refractivity contribution is 7.92. The predicted molar refractivity (Wildman–Crippen MR) is 82.6 cm³/mol. The fourth-order valence-corrected chi connectivity index (χ4v) is 3.18. The van der Waals surface area contributed by atoms with Gasteiger partial charge in [-0.25, -0.2) is 8.42 Å². The Hall–Kier alpha value is -1.86. The average Bonchev–Trinajstić information content (AvgIpc) is 2.85. The molecule has 2 N–H and O–H groups in total. The van der Waals surface area contributed by atoms with Gasteiger partial charge in [0.2, 0.25) is 0 Å². The molecule has 0 bridgehead atoms. The number of hydrogen-bond acceptors (Lipinski definition) is 4. The van der Waals surface area contributed by atoms with Gasteiger partial charge in [-0.2, -0.15) is 0 Å². The summed E-state index contributed by atoms with van der Waals surface area (Å²) in [7, 11) is -1.77. The average molecular weight is 308 g/mol. The van der Waals surface area contributed by atoms with Crippen LogP contribution in [0.5, 0.6) is 0 Å². The quantitative estimate of drug-likeness (QED) is 0.855. The van der Waals surface area contributed by atoms with Crippen molar-refractivity contribution in [3.05, 3.63) is 42.5 Å². The summed E-state index contributed by atoms with van der Waals surface area (Å²) in [6.07, 6.45) is 4.74. The first-order valence-corrected chi connectivity index (χ1v) is 8.20. The highest BCUT2D eigenvalue weighted by Crippen LogP contribution is 2.21. The van der Waals surface area contributed by atoms with Crippen molar-refractivity contribution < 1.29 is 8.42 Å². The molecule has 0 atom stereocenters. The smallest absolute Gasteiger partial charge is 0.263 e. The van der Waals surface area contributed by atoms with Crippen molar-refractivity contribution in [3.63, 3.8) is 0 Å². The molecule has 0 aliphatic heterocycles. The zero-order valence-corrected chi connectivity index (χ0v) is 13.2. The van der Waals surface area contributed by atoms with E-state index in [1.54, 1.807) is 30.6 Å². The number of rotatable bonds is 6. The van der Waals surface area contributed by atoms with Crippen LogP contribution in [0.1, 0.15) is 25.6 Å². The van der Waals surface area contributed by atoms with E-state index in [0.29, 0.717) is 12.2 Å². The van der Waals surface area contributed by atoms with Crippen LogP contribution in [0.2, 0.25) is 0 Å². The van der Waals surface area contributed by atoms with E-state index in [4.69, 9.17) is 0 Å². The van der Waals surface area contributed by atoms with Crippen LogP contribution >= 0.6 is 0 Å². The standard InChI is InChI=1S/C14H20N4O2S/c1-11(2)18-10-14(7-13(18)9-15-3)21(19,20)17-12-5-4-6-16-8-12/h4-8,10-11,15,17H,9H2,1-3H3. The second-order valence-electron chi connectivity index (χ2n) is 5.05. The third kappa shape index (κ3) is 3.62. The number of aromatic nitrogens is 2. The lowest BCUT2D eigenvalue weighted by molar-refractivity contribution is 0.562. The molecular formula is C14H20N4O2S. The maximum atomic E-state index is 12.4. The Morgan fingerprint density at radius 1 is 1.38 bits per heavy atom. The van der Waals surface area contributed by atoms with Gasteiger partial charge >= 0.3 is 0 Å². The van der Waals surface area contributed by atoms with E-state index in [-0.39, 0.29) is 10.9 Å². The first kappa shape index (κ1) is 15.5. The fraction of sp³-hybridized carbons (Fsp3) is 0.357. The number of hydrogen-bond donors (Lipinski definition) is 2. The Bertz CT molecular complexity index is 693. The lowest BCUT2D eigenvalue weighted by Gasteiger charge is -2.12. The Labute approximate surface area is 125 Å². The molecule has 21 heavy (non-hydrogen) atoms. The largest absolute Gasteiger partial charge is 0.346 e. The fourth-order valence-electron chi connectivity index (χ4n) is 2.08. The highest BCUT2D eigenvalue weighted by atomic mass is 32.2. The Morgan fingerprint density at radius 3 is 2.71 bits per heavy atom. The van der Waals surface area contributed by atoms with E-state index in [2.05, 4.69) is 15.0 Å². The van der Waals surface area contributed by atoms with Gasteiger partial charge in [0.05, 0.1) is 11.9 Å². The van der Waals surface area contributed by atoms with Crippen molar-refractivity contribution in [3.8, 4) is 0 Å². The number of anilines is 1. The Morgan fingerprint density at radius 2 is 2.14 bits per heavy atom. The van der Waals surface area contributed by atoms with Crippen molar-refractivity contribution in [1.29, 1.82) is 0 Å². The molecule has 0 saturated carbocycles. The molecule has 0 aliphatic carbocycles. The van der Waals surface area contributed by atoms with Crippen LogP contribution in [-0.4, -0.2) is 25.0 Å². The number of pyridine rings is 1. The number of nitrogens with zero attached hydrogens (tertiary/aromatic N) is 2. The van der Waals surface area contributed by atoms with E-state index in [9.17, 15) is 8.42 Å². The van der Waals surface area contributed by atoms with Gasteiger partial charge in [-0.3, -0.25) is 9.71 Å². The third-order valence-corrected chi connectivity index (χ3v) is 4.39. The van der Waals surface area contributed by atoms with E-state index in [1.807, 2.05) is 25.5 Å². The molecular weight excluding hydrogens is 288 g/mol. The topological polar surface area (TPSA) is 76.0 Å². The summed E-state index contributed by atoms with van der Waals surface area (Å²) in [6, 6.07) is 5.23. The van der Waals surface area contributed by atoms with Crippen LogP contribution in [0.25, 0.3) is 0 Å². The minimum absolute atomic E-state index is 0.190. The summed E-state index contributed by atoms with van der Waals surface area (Å²) in [5.41, 5.74) is 1.38. The highest BCUT2D eigenvalue weighted by Gasteiger charge is 2.19. The van der Waals surface area contributed by atoms with Crippen LogP contribution in [0, 0.1) is 0 Å². The van der Waals surface area contributed by atoms with E-state index < -0.39 is 10.0 Å². The predicted octanol–water partition coefficient (Wildman–Crippen LogP) is 1.98. The van der Waals surface area contributed by atoms with Gasteiger partial charge in [-0.05, 0) is 39.1 Å². The first-order chi connectivity index (χ1) is 9.94. The molecule has 0 aliphatic rings. The maximum absolute atomic E-state index is 12.4. The molecule has 2 aromatic heterocycles. The lowest BCUT2D eigenvalue weighted by Crippen LogP contribution is -2.12. The summed E-state index contributed by atoms with van der Waals surface area (Å²) in [4.78, 5) is 4.16. The van der Waals surface area contributed by atoms with Gasteiger partial charge in [0.1, 0.15) is 4.90 Å². The van der Waals surface area contributed by atoms with Crippen molar-refractivity contribution in [2.45, 2.75) is 31.3 Å². The molecule has 0 spiro atoms.